The number of benzene rings is 1. The Kier molecular flexibility index (Phi) is 5.02. The highest BCUT2D eigenvalue weighted by atomic mass is 16.2. The highest BCUT2D eigenvalue weighted by Crippen LogP contribution is 2.18. The third-order valence-corrected chi connectivity index (χ3v) is 4.18. The van der Waals surface area contributed by atoms with E-state index in [4.69, 9.17) is 0 Å². The fourth-order valence-electron chi connectivity index (χ4n) is 2.89. The van der Waals surface area contributed by atoms with Gasteiger partial charge in [-0.1, -0.05) is 0 Å². The number of carbonyl (C=O) groups is 1. The summed E-state index contributed by atoms with van der Waals surface area (Å²) in [5, 5.41) is 22.9. The Balaban J connectivity index is 1.37. The number of rotatable bonds is 6. The van der Waals surface area contributed by atoms with Crippen molar-refractivity contribution in [3.8, 4) is 5.82 Å². The van der Waals surface area contributed by atoms with Gasteiger partial charge in [-0.25, -0.2) is 4.68 Å². The van der Waals surface area contributed by atoms with Crippen molar-refractivity contribution in [2.45, 2.75) is 20.4 Å². The van der Waals surface area contributed by atoms with Gasteiger partial charge in [-0.05, 0) is 62.4 Å². The first-order chi connectivity index (χ1) is 14.1. The fourth-order valence-corrected chi connectivity index (χ4v) is 2.89. The minimum absolute atomic E-state index is 0.139. The zero-order chi connectivity index (χ0) is 20.2. The van der Waals surface area contributed by atoms with Crippen LogP contribution in [0.15, 0.2) is 60.9 Å². The third kappa shape index (κ3) is 4.46. The lowest BCUT2D eigenvalue weighted by Crippen LogP contribution is -2.18. The summed E-state index contributed by atoms with van der Waals surface area (Å²) in [6.45, 7) is 4.09. The van der Waals surface area contributed by atoms with Crippen LogP contribution in [-0.2, 0) is 11.3 Å². The average molecular weight is 388 g/mol. The quantitative estimate of drug-likeness (QED) is 0.527. The predicted octanol–water partition coefficient (Wildman–Crippen LogP) is 2.86. The molecule has 0 spiro atoms. The van der Waals surface area contributed by atoms with Gasteiger partial charge in [-0.2, -0.15) is 10.2 Å². The molecule has 1 aromatic carbocycles. The largest absolute Gasteiger partial charge is 0.339 e. The maximum Gasteiger partial charge on any atom is 0.246 e. The molecule has 0 saturated carbocycles. The van der Waals surface area contributed by atoms with Crippen LogP contribution in [0.2, 0.25) is 0 Å². The first kappa shape index (κ1) is 18.4. The van der Waals surface area contributed by atoms with E-state index >= 15 is 0 Å². The van der Waals surface area contributed by atoms with Crippen LogP contribution in [0.4, 0.5) is 17.2 Å². The molecule has 0 unspecified atom stereocenters. The van der Waals surface area contributed by atoms with Crippen LogP contribution in [0, 0.1) is 13.8 Å². The van der Waals surface area contributed by atoms with E-state index in [0.29, 0.717) is 17.3 Å². The molecule has 0 aliphatic carbocycles. The normalized spacial score (nSPS) is 10.7. The summed E-state index contributed by atoms with van der Waals surface area (Å²) in [7, 11) is 0. The summed E-state index contributed by atoms with van der Waals surface area (Å²) >= 11 is 0. The van der Waals surface area contributed by atoms with Gasteiger partial charge in [-0.3, -0.25) is 9.48 Å². The maximum atomic E-state index is 12.0. The first-order valence-corrected chi connectivity index (χ1v) is 9.08. The molecule has 9 nitrogen and oxygen atoms in total. The van der Waals surface area contributed by atoms with Crippen LogP contribution < -0.4 is 10.6 Å². The van der Waals surface area contributed by atoms with E-state index in [0.717, 1.165) is 17.1 Å². The zero-order valence-electron chi connectivity index (χ0n) is 16.1. The molecule has 2 N–H and O–H groups in total. The van der Waals surface area contributed by atoms with Crippen LogP contribution in [0.25, 0.3) is 5.82 Å². The van der Waals surface area contributed by atoms with E-state index in [9.17, 15) is 4.79 Å². The molecule has 0 bridgehead atoms. The van der Waals surface area contributed by atoms with E-state index in [2.05, 4.69) is 31.0 Å². The van der Waals surface area contributed by atoms with Gasteiger partial charge in [0.15, 0.2) is 11.6 Å². The number of anilines is 3. The van der Waals surface area contributed by atoms with Crippen LogP contribution >= 0.6 is 0 Å². The molecule has 3 aromatic heterocycles. The standard InChI is InChI=1S/C20H20N8O/c1-14-12-15(2)28(26-14)19-9-8-18(24-25-19)22-16-4-6-17(7-5-16)23-20(29)13-27-11-3-10-21-27/h3-12H,13H2,1-2H3,(H,22,24)(H,23,29). The Morgan fingerprint density at radius 3 is 2.45 bits per heavy atom. The smallest absolute Gasteiger partial charge is 0.246 e. The number of aromatic nitrogens is 6. The molecule has 9 heteroatoms. The van der Waals surface area contributed by atoms with Crippen molar-refractivity contribution < 1.29 is 4.79 Å². The van der Waals surface area contributed by atoms with Gasteiger partial charge in [0.2, 0.25) is 5.91 Å². The second kappa shape index (κ2) is 7.93. The van der Waals surface area contributed by atoms with Crippen molar-refractivity contribution in [3.63, 3.8) is 0 Å². The number of amides is 1. The number of hydrogen-bond acceptors (Lipinski definition) is 6. The molecule has 3 heterocycles. The molecule has 1 amide bonds. The number of carbonyl (C=O) groups excluding carboxylic acids is 1. The highest BCUT2D eigenvalue weighted by molar-refractivity contribution is 5.90. The van der Waals surface area contributed by atoms with E-state index in [1.54, 1.807) is 27.8 Å². The molecule has 0 fully saturated rings. The third-order valence-electron chi connectivity index (χ3n) is 4.18. The lowest BCUT2D eigenvalue weighted by molar-refractivity contribution is -0.116. The van der Waals surface area contributed by atoms with Gasteiger partial charge in [0, 0.05) is 29.5 Å². The van der Waals surface area contributed by atoms with Gasteiger partial charge in [-0.15, -0.1) is 10.2 Å². The summed E-state index contributed by atoms with van der Waals surface area (Å²) in [4.78, 5) is 12.0. The average Bonchev–Trinajstić information content (AvgIpc) is 3.33. The molecular formula is C20H20N8O. The van der Waals surface area contributed by atoms with E-state index < -0.39 is 0 Å². The van der Waals surface area contributed by atoms with E-state index in [1.807, 2.05) is 56.3 Å². The number of hydrogen-bond donors (Lipinski definition) is 2. The molecule has 0 saturated heterocycles. The van der Waals surface area contributed by atoms with Crippen LogP contribution in [0.5, 0.6) is 0 Å². The number of nitrogens with zero attached hydrogens (tertiary/aromatic N) is 6. The summed E-state index contributed by atoms with van der Waals surface area (Å²) in [5.41, 5.74) is 3.48. The first-order valence-electron chi connectivity index (χ1n) is 9.08. The molecule has 146 valence electrons. The van der Waals surface area contributed by atoms with E-state index in [-0.39, 0.29) is 12.5 Å². The Labute approximate surface area is 167 Å². The molecule has 0 aliphatic heterocycles. The van der Waals surface area contributed by atoms with Gasteiger partial charge in [0.1, 0.15) is 6.54 Å². The molecule has 29 heavy (non-hydrogen) atoms. The number of aryl methyl sites for hydroxylation is 2. The minimum Gasteiger partial charge on any atom is -0.339 e. The van der Waals surface area contributed by atoms with Gasteiger partial charge in [0.05, 0.1) is 5.69 Å². The summed E-state index contributed by atoms with van der Waals surface area (Å²) in [5.74, 6) is 1.14. The van der Waals surface area contributed by atoms with Crippen molar-refractivity contribution in [3.05, 3.63) is 72.3 Å². The van der Waals surface area contributed by atoms with Gasteiger partial charge >= 0.3 is 0 Å². The molecule has 0 atom stereocenters. The lowest BCUT2D eigenvalue weighted by atomic mass is 10.2. The Morgan fingerprint density at radius 1 is 1.03 bits per heavy atom. The van der Waals surface area contributed by atoms with Crippen LogP contribution in [-0.4, -0.2) is 35.7 Å². The Hall–Kier alpha value is -4.01. The molecule has 0 radical (unpaired) electrons. The second-order valence-corrected chi connectivity index (χ2v) is 6.57. The maximum absolute atomic E-state index is 12.0. The number of nitrogens with one attached hydrogen (secondary N) is 2. The summed E-state index contributed by atoms with van der Waals surface area (Å²) < 4.78 is 3.33. The van der Waals surface area contributed by atoms with Gasteiger partial charge < -0.3 is 10.6 Å². The monoisotopic (exact) mass is 388 g/mol. The Bertz CT molecular complexity index is 1100. The van der Waals surface area contributed by atoms with E-state index in [1.165, 1.54) is 0 Å². The van der Waals surface area contributed by atoms with Crippen LogP contribution in [0.1, 0.15) is 11.4 Å². The zero-order valence-corrected chi connectivity index (χ0v) is 16.1. The van der Waals surface area contributed by atoms with Crippen molar-refractivity contribution in [2.75, 3.05) is 10.6 Å². The molecule has 4 rings (SSSR count). The molecule has 4 aromatic rings. The SMILES string of the molecule is Cc1cc(C)n(-c2ccc(Nc3ccc(NC(=O)Cn4cccn4)cc3)nn2)n1. The minimum atomic E-state index is -0.139. The molecule has 0 aliphatic rings. The van der Waals surface area contributed by atoms with Crippen molar-refractivity contribution >= 4 is 23.1 Å². The fraction of sp³-hybridized carbons (Fsp3) is 0.150. The highest BCUT2D eigenvalue weighted by Gasteiger charge is 2.07. The topological polar surface area (TPSA) is 103 Å². The van der Waals surface area contributed by atoms with Gasteiger partial charge in [0.25, 0.3) is 0 Å². The van der Waals surface area contributed by atoms with Crippen molar-refractivity contribution in [1.82, 2.24) is 29.8 Å². The van der Waals surface area contributed by atoms with Crippen molar-refractivity contribution in [1.29, 1.82) is 0 Å². The molecular weight excluding hydrogens is 368 g/mol. The Morgan fingerprint density at radius 2 is 1.83 bits per heavy atom. The van der Waals surface area contributed by atoms with Crippen molar-refractivity contribution in [2.24, 2.45) is 0 Å². The lowest BCUT2D eigenvalue weighted by Gasteiger charge is -2.09. The van der Waals surface area contributed by atoms with Crippen LogP contribution in [0.3, 0.4) is 0 Å². The second-order valence-electron chi connectivity index (χ2n) is 6.57. The summed E-state index contributed by atoms with van der Waals surface area (Å²) in [6.07, 6.45) is 3.38. The summed E-state index contributed by atoms with van der Waals surface area (Å²) in [6, 6.07) is 14.8. The predicted molar refractivity (Wildman–Crippen MR) is 109 cm³/mol.